The number of nitrogens with one attached hydrogen (secondary N) is 2. The molecule has 2 N–H and O–H groups in total. The van der Waals surface area contributed by atoms with E-state index in [1.807, 2.05) is 12.1 Å². The van der Waals surface area contributed by atoms with Crippen LogP contribution >= 0.6 is 0 Å². The highest BCUT2D eigenvalue weighted by molar-refractivity contribution is 5.84. The Bertz CT molecular complexity index is 524. The van der Waals surface area contributed by atoms with Gasteiger partial charge in [-0.3, -0.25) is 4.79 Å². The molecule has 0 unspecified atom stereocenters. The van der Waals surface area contributed by atoms with E-state index in [1.54, 1.807) is 27.5 Å². The molecule has 1 amide bonds. The van der Waals surface area contributed by atoms with Gasteiger partial charge in [0.1, 0.15) is 12.3 Å². The highest BCUT2D eigenvalue weighted by Gasteiger charge is 2.18. The van der Waals surface area contributed by atoms with Crippen LogP contribution in [0.2, 0.25) is 0 Å². The first-order valence-electron chi connectivity index (χ1n) is 8.58. The summed E-state index contributed by atoms with van der Waals surface area (Å²) in [6.45, 7) is 6.58. The van der Waals surface area contributed by atoms with Crippen molar-refractivity contribution in [3.63, 3.8) is 0 Å². The Morgan fingerprint density at radius 2 is 2.12 bits per heavy atom. The third-order valence-electron chi connectivity index (χ3n) is 3.83. The van der Waals surface area contributed by atoms with Crippen molar-refractivity contribution < 1.29 is 13.9 Å². The quantitative estimate of drug-likeness (QED) is 0.493. The van der Waals surface area contributed by atoms with E-state index < -0.39 is 0 Å². The fourth-order valence-electron chi connectivity index (χ4n) is 2.01. The second-order valence-corrected chi connectivity index (χ2v) is 6.97. The lowest BCUT2D eigenvalue weighted by molar-refractivity contribution is -0.127. The van der Waals surface area contributed by atoms with Gasteiger partial charge in [-0.1, -0.05) is 13.8 Å². The number of rotatable bonds is 10. The molecule has 0 aliphatic heterocycles. The summed E-state index contributed by atoms with van der Waals surface area (Å²) in [6, 6.07) is 3.81. The molecule has 1 aromatic rings. The Labute approximate surface area is 150 Å². The van der Waals surface area contributed by atoms with Crippen LogP contribution in [0.15, 0.2) is 27.8 Å². The Morgan fingerprint density at radius 1 is 1.36 bits per heavy atom. The summed E-state index contributed by atoms with van der Waals surface area (Å²) in [5.74, 6) is 1.51. The number of carbonyl (C=O) groups is 1. The van der Waals surface area contributed by atoms with E-state index in [1.165, 1.54) is 4.90 Å². The van der Waals surface area contributed by atoms with Crippen LogP contribution in [-0.4, -0.2) is 64.2 Å². The van der Waals surface area contributed by atoms with Crippen LogP contribution in [0.1, 0.15) is 26.0 Å². The number of methoxy groups -OCH3 is 1. The van der Waals surface area contributed by atoms with Crippen LogP contribution in [0, 0.1) is 5.41 Å². The predicted octanol–water partition coefficient (Wildman–Crippen LogP) is 1.51. The topological polar surface area (TPSA) is 79.1 Å². The second-order valence-electron chi connectivity index (χ2n) is 6.97. The number of nitrogens with zero attached hydrogens (tertiary/aromatic N) is 2. The third kappa shape index (κ3) is 9.14. The molecule has 0 saturated heterocycles. The van der Waals surface area contributed by atoms with Crippen molar-refractivity contribution in [3.05, 3.63) is 24.2 Å². The highest BCUT2D eigenvalue weighted by atomic mass is 16.5. The van der Waals surface area contributed by atoms with E-state index in [0.29, 0.717) is 19.1 Å². The summed E-state index contributed by atoms with van der Waals surface area (Å²) in [5, 5.41) is 6.58. The van der Waals surface area contributed by atoms with Gasteiger partial charge < -0.3 is 24.7 Å². The lowest BCUT2D eigenvalue weighted by Crippen LogP contribution is -2.43. The molecular weight excluding hydrogens is 320 g/mol. The number of likely N-dealkylation sites (N-methyl/N-ethyl adjacent to an activating group) is 1. The zero-order chi connectivity index (χ0) is 18.7. The monoisotopic (exact) mass is 352 g/mol. The number of guanidine groups is 1. The molecule has 7 nitrogen and oxygen atoms in total. The van der Waals surface area contributed by atoms with E-state index in [0.717, 1.165) is 25.1 Å². The molecule has 0 spiro atoms. The molecular formula is C18H32N4O3. The van der Waals surface area contributed by atoms with Crippen molar-refractivity contribution >= 4 is 11.9 Å². The summed E-state index contributed by atoms with van der Waals surface area (Å²) in [5.41, 5.74) is 0.0605. The van der Waals surface area contributed by atoms with Crippen molar-refractivity contribution in [2.75, 3.05) is 47.4 Å². The summed E-state index contributed by atoms with van der Waals surface area (Å²) < 4.78 is 10.5. The predicted molar refractivity (Wildman–Crippen MR) is 99.7 cm³/mol. The van der Waals surface area contributed by atoms with Crippen LogP contribution in [0.4, 0.5) is 0 Å². The average molecular weight is 352 g/mol. The summed E-state index contributed by atoms with van der Waals surface area (Å²) in [6.07, 6.45) is 3.35. The molecule has 0 saturated carbocycles. The van der Waals surface area contributed by atoms with Gasteiger partial charge in [0.05, 0.1) is 6.26 Å². The molecule has 142 valence electrons. The first-order chi connectivity index (χ1) is 11.8. The third-order valence-corrected chi connectivity index (χ3v) is 3.83. The summed E-state index contributed by atoms with van der Waals surface area (Å²) >= 11 is 0. The van der Waals surface area contributed by atoms with Gasteiger partial charge in [-0.2, -0.15) is 0 Å². The van der Waals surface area contributed by atoms with Crippen LogP contribution in [-0.2, 0) is 16.0 Å². The van der Waals surface area contributed by atoms with Crippen molar-refractivity contribution in [2.24, 2.45) is 10.4 Å². The molecule has 0 aliphatic carbocycles. The minimum atomic E-state index is -0.0363. The van der Waals surface area contributed by atoms with Gasteiger partial charge in [-0.25, -0.2) is 4.99 Å². The Hall–Kier alpha value is -2.02. The van der Waals surface area contributed by atoms with Crippen molar-refractivity contribution in [1.82, 2.24) is 15.5 Å². The molecule has 25 heavy (non-hydrogen) atoms. The molecule has 0 radical (unpaired) electrons. The van der Waals surface area contributed by atoms with E-state index in [-0.39, 0.29) is 17.9 Å². The number of hydrogen-bond donors (Lipinski definition) is 2. The fourth-order valence-corrected chi connectivity index (χ4v) is 2.01. The number of carbonyl (C=O) groups excluding carboxylic acids is 1. The minimum Gasteiger partial charge on any atom is -0.469 e. The lowest BCUT2D eigenvalue weighted by Gasteiger charge is -2.26. The molecule has 1 heterocycles. The number of hydrogen-bond acceptors (Lipinski definition) is 4. The van der Waals surface area contributed by atoms with E-state index >= 15 is 0 Å². The normalized spacial score (nSPS) is 12.1. The lowest BCUT2D eigenvalue weighted by atomic mass is 9.90. The van der Waals surface area contributed by atoms with Crippen LogP contribution in [0.25, 0.3) is 0 Å². The van der Waals surface area contributed by atoms with Crippen LogP contribution in [0.3, 0.4) is 0 Å². The van der Waals surface area contributed by atoms with Crippen molar-refractivity contribution in [1.29, 1.82) is 0 Å². The maximum absolute atomic E-state index is 11.8. The Morgan fingerprint density at radius 3 is 2.72 bits per heavy atom. The van der Waals surface area contributed by atoms with Crippen molar-refractivity contribution in [2.45, 2.75) is 26.7 Å². The zero-order valence-electron chi connectivity index (χ0n) is 16.1. The van der Waals surface area contributed by atoms with Gasteiger partial charge in [-0.15, -0.1) is 0 Å². The minimum absolute atomic E-state index is 0.0363. The summed E-state index contributed by atoms with van der Waals surface area (Å²) in [7, 11) is 5.16. The molecule has 7 heteroatoms. The Balaban J connectivity index is 2.56. The molecule has 1 aromatic heterocycles. The maximum Gasteiger partial charge on any atom is 0.243 e. The fraction of sp³-hybridized carbons (Fsp3) is 0.667. The van der Waals surface area contributed by atoms with Gasteiger partial charge in [0.25, 0.3) is 0 Å². The first kappa shape index (κ1) is 21.0. The van der Waals surface area contributed by atoms with Crippen LogP contribution < -0.4 is 10.6 Å². The van der Waals surface area contributed by atoms with Gasteiger partial charge in [0, 0.05) is 47.3 Å². The highest BCUT2D eigenvalue weighted by Crippen LogP contribution is 2.18. The molecule has 0 bridgehead atoms. The van der Waals surface area contributed by atoms with Gasteiger partial charge in [0.2, 0.25) is 5.91 Å². The number of furan rings is 1. The number of aliphatic imine (C=N–C) groups is 1. The molecule has 0 aromatic carbocycles. The van der Waals surface area contributed by atoms with E-state index in [2.05, 4.69) is 29.5 Å². The standard InChI is InChI=1S/C18H32N4O3/c1-18(2,9-12-24-5)14-21-17(20-13-16(23)22(3)4)19-10-8-15-7-6-11-25-15/h6-7,11H,8-10,12-14H2,1-5H3,(H2,19,20,21). The van der Waals surface area contributed by atoms with Gasteiger partial charge >= 0.3 is 0 Å². The zero-order valence-corrected chi connectivity index (χ0v) is 16.1. The first-order valence-corrected chi connectivity index (χ1v) is 8.58. The molecule has 0 atom stereocenters. The largest absolute Gasteiger partial charge is 0.469 e. The second kappa shape index (κ2) is 10.8. The molecule has 0 fully saturated rings. The molecule has 0 aliphatic rings. The van der Waals surface area contributed by atoms with Crippen LogP contribution in [0.5, 0.6) is 0 Å². The van der Waals surface area contributed by atoms with Crippen molar-refractivity contribution in [3.8, 4) is 0 Å². The smallest absolute Gasteiger partial charge is 0.243 e. The number of ether oxygens (including phenoxy) is 1. The molecule has 1 rings (SSSR count). The average Bonchev–Trinajstić information content (AvgIpc) is 3.08. The maximum atomic E-state index is 11.8. The van der Waals surface area contributed by atoms with E-state index in [9.17, 15) is 4.79 Å². The SMILES string of the molecule is COCCC(C)(C)CNC(=NCC(=O)N(C)C)NCCc1ccco1. The van der Waals surface area contributed by atoms with Gasteiger partial charge in [0.15, 0.2) is 5.96 Å². The number of amides is 1. The van der Waals surface area contributed by atoms with Gasteiger partial charge in [-0.05, 0) is 24.0 Å². The summed E-state index contributed by atoms with van der Waals surface area (Å²) in [4.78, 5) is 17.7. The Kier molecular flexibility index (Phi) is 9.05. The van der Waals surface area contributed by atoms with E-state index in [4.69, 9.17) is 9.15 Å².